The van der Waals surface area contributed by atoms with E-state index in [0.29, 0.717) is 11.3 Å². The molecule has 0 aliphatic rings. The number of hydrogen-bond acceptors (Lipinski definition) is 3. The maximum absolute atomic E-state index is 12.5. The lowest BCUT2D eigenvalue weighted by atomic mass is 10.1. The van der Waals surface area contributed by atoms with Crippen molar-refractivity contribution in [2.45, 2.75) is 19.9 Å². The molecule has 0 aliphatic carbocycles. The number of nitrogens with two attached hydrogens (primary N) is 1. The van der Waals surface area contributed by atoms with Crippen molar-refractivity contribution in [3.63, 3.8) is 0 Å². The lowest BCUT2D eigenvalue weighted by molar-refractivity contribution is 0.145. The molecule has 5 heteroatoms. The molecule has 0 radical (unpaired) electrons. The first-order chi connectivity index (χ1) is 6.60. The summed E-state index contributed by atoms with van der Waals surface area (Å²) in [5, 5.41) is 8.69. The molecule has 1 heterocycles. The molecule has 0 bridgehead atoms. The highest BCUT2D eigenvalue weighted by Crippen LogP contribution is 2.23. The van der Waals surface area contributed by atoms with E-state index in [1.807, 2.05) is 0 Å². The molecule has 0 saturated heterocycles. The number of nitrogens with zero attached hydrogens (tertiary/aromatic N) is 2. The number of pyridine rings is 1. The van der Waals surface area contributed by atoms with E-state index in [1.54, 1.807) is 19.1 Å². The van der Waals surface area contributed by atoms with Crippen LogP contribution in [-0.2, 0) is 6.54 Å². The monoisotopic (exact) mass is 197 g/mol. The molecule has 0 amide bonds. The number of nitriles is 1. The summed E-state index contributed by atoms with van der Waals surface area (Å²) >= 11 is 0. The van der Waals surface area contributed by atoms with Gasteiger partial charge in [0, 0.05) is 12.2 Å². The Labute approximate surface area is 80.2 Å². The molecule has 0 aliphatic heterocycles. The van der Waals surface area contributed by atoms with Crippen molar-refractivity contribution >= 4 is 0 Å². The Morgan fingerprint density at radius 2 is 2.29 bits per heavy atom. The minimum Gasteiger partial charge on any atom is -0.326 e. The van der Waals surface area contributed by atoms with Crippen LogP contribution in [0.3, 0.4) is 0 Å². The van der Waals surface area contributed by atoms with Crippen LogP contribution in [0.25, 0.3) is 0 Å². The third-order valence-corrected chi connectivity index (χ3v) is 1.80. The summed E-state index contributed by atoms with van der Waals surface area (Å²) in [5.74, 6) is 0. The zero-order valence-corrected chi connectivity index (χ0v) is 7.59. The van der Waals surface area contributed by atoms with Gasteiger partial charge in [0.2, 0.25) is 0 Å². The van der Waals surface area contributed by atoms with Gasteiger partial charge in [-0.15, -0.1) is 0 Å². The largest absolute Gasteiger partial charge is 0.326 e. The van der Waals surface area contributed by atoms with Gasteiger partial charge in [-0.2, -0.15) is 5.26 Å². The second kappa shape index (κ2) is 4.11. The second-order valence-corrected chi connectivity index (χ2v) is 2.80. The Morgan fingerprint density at radius 3 is 2.71 bits per heavy atom. The quantitative estimate of drug-likeness (QED) is 0.784. The molecule has 0 aromatic carbocycles. The molecule has 2 N–H and O–H groups in total. The summed E-state index contributed by atoms with van der Waals surface area (Å²) in [6.07, 6.45) is -2.74. The van der Waals surface area contributed by atoms with Crippen molar-refractivity contribution in [2.24, 2.45) is 5.73 Å². The molecular weight excluding hydrogens is 188 g/mol. The van der Waals surface area contributed by atoms with Gasteiger partial charge in [0.1, 0.15) is 11.8 Å². The average molecular weight is 197 g/mol. The maximum Gasteiger partial charge on any atom is 0.281 e. The van der Waals surface area contributed by atoms with Gasteiger partial charge >= 0.3 is 0 Å². The van der Waals surface area contributed by atoms with Gasteiger partial charge < -0.3 is 5.73 Å². The topological polar surface area (TPSA) is 62.7 Å². The molecule has 74 valence electrons. The summed E-state index contributed by atoms with van der Waals surface area (Å²) in [6.45, 7) is 1.65. The maximum atomic E-state index is 12.5. The normalized spacial score (nSPS) is 10.3. The summed E-state index contributed by atoms with van der Waals surface area (Å²) in [6, 6.07) is 3.25. The van der Waals surface area contributed by atoms with Crippen LogP contribution in [0.1, 0.15) is 28.9 Å². The van der Waals surface area contributed by atoms with Crippen LogP contribution in [0.15, 0.2) is 6.07 Å². The molecule has 1 aromatic rings. The standard InChI is InChI=1S/C9H9F2N3/c1-5-2-6(3-12)7(4-13)8(14-5)9(10)11/h2,9H,3,12H2,1H3. The number of halogens is 2. The van der Waals surface area contributed by atoms with Crippen LogP contribution >= 0.6 is 0 Å². The highest BCUT2D eigenvalue weighted by molar-refractivity contribution is 5.42. The molecular formula is C9H9F2N3. The van der Waals surface area contributed by atoms with E-state index in [1.165, 1.54) is 0 Å². The SMILES string of the molecule is Cc1cc(CN)c(C#N)c(C(F)F)n1. The summed E-state index contributed by atoms with van der Waals surface area (Å²) < 4.78 is 24.9. The van der Waals surface area contributed by atoms with E-state index in [0.717, 1.165) is 0 Å². The van der Waals surface area contributed by atoms with Crippen molar-refractivity contribution in [3.05, 3.63) is 28.6 Å². The highest BCUT2D eigenvalue weighted by Gasteiger charge is 2.18. The van der Waals surface area contributed by atoms with Crippen LogP contribution < -0.4 is 5.73 Å². The van der Waals surface area contributed by atoms with Crippen LogP contribution in [0, 0.1) is 18.3 Å². The second-order valence-electron chi connectivity index (χ2n) is 2.80. The fourth-order valence-electron chi connectivity index (χ4n) is 1.21. The molecule has 0 spiro atoms. The molecule has 14 heavy (non-hydrogen) atoms. The predicted octanol–water partition coefficient (Wildman–Crippen LogP) is 1.66. The molecule has 1 rings (SSSR count). The Kier molecular flexibility index (Phi) is 3.10. The van der Waals surface area contributed by atoms with Crippen LogP contribution in [0.5, 0.6) is 0 Å². The molecule has 0 unspecified atom stereocenters. The zero-order valence-electron chi connectivity index (χ0n) is 7.59. The van der Waals surface area contributed by atoms with E-state index in [9.17, 15) is 8.78 Å². The number of alkyl halides is 2. The van der Waals surface area contributed by atoms with Gasteiger partial charge in [-0.1, -0.05) is 0 Å². The first-order valence-electron chi connectivity index (χ1n) is 3.99. The number of rotatable bonds is 2. The van der Waals surface area contributed by atoms with Gasteiger partial charge in [-0.05, 0) is 18.6 Å². The van der Waals surface area contributed by atoms with Crippen molar-refractivity contribution in [3.8, 4) is 6.07 Å². The Balaban J connectivity index is 3.41. The third kappa shape index (κ3) is 1.86. The van der Waals surface area contributed by atoms with E-state index < -0.39 is 12.1 Å². The minimum absolute atomic E-state index is 0.0615. The Hall–Kier alpha value is -1.54. The molecule has 0 atom stereocenters. The fourth-order valence-corrected chi connectivity index (χ4v) is 1.21. The van der Waals surface area contributed by atoms with Crippen molar-refractivity contribution in [1.29, 1.82) is 5.26 Å². The van der Waals surface area contributed by atoms with Crippen LogP contribution in [0.2, 0.25) is 0 Å². The molecule has 1 aromatic heterocycles. The van der Waals surface area contributed by atoms with Crippen LogP contribution in [0.4, 0.5) is 8.78 Å². The van der Waals surface area contributed by atoms with E-state index in [4.69, 9.17) is 11.0 Å². The lowest BCUT2D eigenvalue weighted by Crippen LogP contribution is -2.06. The number of hydrogen-bond donors (Lipinski definition) is 1. The predicted molar refractivity (Wildman–Crippen MR) is 46.5 cm³/mol. The average Bonchev–Trinajstić information content (AvgIpc) is 2.16. The van der Waals surface area contributed by atoms with Gasteiger partial charge in [0.05, 0.1) is 5.56 Å². The first kappa shape index (κ1) is 10.5. The van der Waals surface area contributed by atoms with E-state index >= 15 is 0 Å². The Bertz CT molecular complexity index is 382. The minimum atomic E-state index is -2.74. The van der Waals surface area contributed by atoms with Gasteiger partial charge in [-0.3, -0.25) is 4.98 Å². The summed E-state index contributed by atoms with van der Waals surface area (Å²) in [4.78, 5) is 3.62. The smallest absolute Gasteiger partial charge is 0.281 e. The molecule has 0 fully saturated rings. The number of aromatic nitrogens is 1. The molecule has 0 saturated carbocycles. The summed E-state index contributed by atoms with van der Waals surface area (Å²) in [5.41, 5.74) is 5.61. The number of aryl methyl sites for hydroxylation is 1. The van der Waals surface area contributed by atoms with Gasteiger partial charge in [-0.25, -0.2) is 8.78 Å². The van der Waals surface area contributed by atoms with Gasteiger partial charge in [0.15, 0.2) is 0 Å². The van der Waals surface area contributed by atoms with Crippen molar-refractivity contribution in [1.82, 2.24) is 4.98 Å². The zero-order chi connectivity index (χ0) is 10.7. The van der Waals surface area contributed by atoms with Crippen molar-refractivity contribution < 1.29 is 8.78 Å². The Morgan fingerprint density at radius 1 is 1.64 bits per heavy atom. The van der Waals surface area contributed by atoms with Crippen LogP contribution in [-0.4, -0.2) is 4.98 Å². The lowest BCUT2D eigenvalue weighted by Gasteiger charge is -2.07. The van der Waals surface area contributed by atoms with E-state index in [2.05, 4.69) is 4.98 Å². The molecule has 3 nitrogen and oxygen atoms in total. The van der Waals surface area contributed by atoms with Crippen molar-refractivity contribution in [2.75, 3.05) is 0 Å². The van der Waals surface area contributed by atoms with Gasteiger partial charge in [0.25, 0.3) is 6.43 Å². The summed E-state index contributed by atoms with van der Waals surface area (Å²) in [7, 11) is 0. The highest BCUT2D eigenvalue weighted by atomic mass is 19.3. The third-order valence-electron chi connectivity index (χ3n) is 1.80. The first-order valence-corrected chi connectivity index (χ1v) is 3.99. The fraction of sp³-hybridized carbons (Fsp3) is 0.333. The van der Waals surface area contributed by atoms with E-state index in [-0.39, 0.29) is 12.1 Å².